The number of carbonyl (C=O) groups excluding carboxylic acids is 1. The molecule has 0 aromatic heterocycles. The Hall–Kier alpha value is -2.96. The minimum atomic E-state index is -0.633. The van der Waals surface area contributed by atoms with Gasteiger partial charge in [0.15, 0.2) is 0 Å². The highest BCUT2D eigenvalue weighted by Crippen LogP contribution is 2.21. The number of likely N-dealkylation sites (N-methyl/N-ethyl adjacent to an activating group) is 1. The summed E-state index contributed by atoms with van der Waals surface area (Å²) in [4.78, 5) is 14.6. The number of rotatable bonds is 11. The van der Waals surface area contributed by atoms with Crippen LogP contribution in [0.25, 0.3) is 10.8 Å². The van der Waals surface area contributed by atoms with E-state index in [0.29, 0.717) is 26.0 Å². The molecule has 3 aromatic carbocycles. The molecule has 0 aliphatic carbocycles. The zero-order chi connectivity index (χ0) is 22.9. The van der Waals surface area contributed by atoms with Gasteiger partial charge >= 0.3 is 0 Å². The molecule has 0 saturated carbocycles. The lowest BCUT2D eigenvalue weighted by molar-refractivity contribution is -0.134. The van der Waals surface area contributed by atoms with E-state index in [2.05, 4.69) is 6.07 Å². The van der Waals surface area contributed by atoms with Crippen LogP contribution in [-0.2, 0) is 11.2 Å². The number of nitrogens with zero attached hydrogens (tertiary/aromatic N) is 1. The smallest absolute Gasteiger partial charge is 0.239 e. The first-order chi connectivity index (χ1) is 15.5. The van der Waals surface area contributed by atoms with Gasteiger partial charge in [-0.25, -0.2) is 4.39 Å². The molecule has 3 rings (SSSR count). The topological polar surface area (TPSA) is 81.6 Å². The minimum absolute atomic E-state index is 0.128. The van der Waals surface area contributed by atoms with Crippen molar-refractivity contribution in [2.75, 3.05) is 20.2 Å². The summed E-state index contributed by atoms with van der Waals surface area (Å²) in [6, 6.07) is 19.6. The van der Waals surface area contributed by atoms with E-state index in [9.17, 15) is 9.18 Å². The third-order valence-corrected chi connectivity index (χ3v) is 5.77. The Morgan fingerprint density at radius 1 is 1.03 bits per heavy atom. The van der Waals surface area contributed by atoms with Gasteiger partial charge in [-0.2, -0.15) is 0 Å². The lowest BCUT2D eigenvalue weighted by Crippen LogP contribution is -2.48. The molecule has 0 radical (unpaired) electrons. The van der Waals surface area contributed by atoms with Crippen LogP contribution in [0, 0.1) is 5.82 Å². The molecule has 170 valence electrons. The fraction of sp³-hybridized carbons (Fsp3) is 0.346. The number of aryl methyl sites for hydroxylation is 1. The van der Waals surface area contributed by atoms with Gasteiger partial charge in [0.05, 0.1) is 12.1 Å². The first kappa shape index (κ1) is 23.7. The predicted molar refractivity (Wildman–Crippen MR) is 127 cm³/mol. The zero-order valence-electron chi connectivity index (χ0n) is 18.5. The molecule has 1 amide bonds. The van der Waals surface area contributed by atoms with Crippen molar-refractivity contribution in [3.63, 3.8) is 0 Å². The van der Waals surface area contributed by atoms with Crippen molar-refractivity contribution in [3.8, 4) is 5.75 Å². The summed E-state index contributed by atoms with van der Waals surface area (Å²) in [5.41, 5.74) is 12.9. The Morgan fingerprint density at radius 3 is 2.47 bits per heavy atom. The summed E-state index contributed by atoms with van der Waals surface area (Å²) in [5.74, 6) is 0.363. The Labute approximate surface area is 189 Å². The number of hydrogen-bond acceptors (Lipinski definition) is 4. The maximum Gasteiger partial charge on any atom is 0.239 e. The lowest BCUT2D eigenvalue weighted by atomic mass is 10.0. The molecule has 0 fully saturated rings. The van der Waals surface area contributed by atoms with Crippen LogP contribution in [0.2, 0.25) is 0 Å². The van der Waals surface area contributed by atoms with Crippen molar-refractivity contribution in [1.29, 1.82) is 0 Å². The molecule has 32 heavy (non-hydrogen) atoms. The van der Waals surface area contributed by atoms with Crippen molar-refractivity contribution in [3.05, 3.63) is 78.1 Å². The molecule has 0 spiro atoms. The number of nitrogens with two attached hydrogens (primary N) is 2. The standard InChI is InChI=1S/C26H32FN3O2/c1-30(26(31)25(29)15-10-19-8-12-22(27)13-9-19)23(7-4-16-28)18-32-24-14-11-20-5-2-3-6-21(20)17-24/h2-3,5-6,8-9,11-14,17,23,25H,4,7,10,15-16,18,28-29H2,1H3/t23-,25-/m0/s1. The largest absolute Gasteiger partial charge is 0.491 e. The van der Waals surface area contributed by atoms with Gasteiger partial charge in [-0.1, -0.05) is 42.5 Å². The monoisotopic (exact) mass is 437 g/mol. The molecule has 0 heterocycles. The molecule has 0 aliphatic rings. The average molecular weight is 438 g/mol. The van der Waals surface area contributed by atoms with E-state index in [1.807, 2.05) is 36.4 Å². The summed E-state index contributed by atoms with van der Waals surface area (Å²) in [6.07, 6.45) is 2.62. The first-order valence-corrected chi connectivity index (χ1v) is 11.1. The van der Waals surface area contributed by atoms with Gasteiger partial charge in [-0.3, -0.25) is 4.79 Å². The molecule has 0 bridgehead atoms. The van der Waals surface area contributed by atoms with Crippen LogP contribution in [-0.4, -0.2) is 43.1 Å². The van der Waals surface area contributed by atoms with Gasteiger partial charge in [-0.15, -0.1) is 0 Å². The van der Waals surface area contributed by atoms with Gasteiger partial charge in [0.2, 0.25) is 5.91 Å². The van der Waals surface area contributed by atoms with Crippen molar-refractivity contribution >= 4 is 16.7 Å². The van der Waals surface area contributed by atoms with Crippen molar-refractivity contribution in [2.45, 2.75) is 37.8 Å². The number of carbonyl (C=O) groups is 1. The molecule has 6 heteroatoms. The summed E-state index contributed by atoms with van der Waals surface area (Å²) in [6.45, 7) is 0.913. The van der Waals surface area contributed by atoms with Crippen LogP contribution in [0.15, 0.2) is 66.7 Å². The molecule has 2 atom stereocenters. The Kier molecular flexibility index (Phi) is 8.59. The quantitative estimate of drug-likeness (QED) is 0.477. The minimum Gasteiger partial charge on any atom is -0.491 e. The Bertz CT molecular complexity index is 1010. The van der Waals surface area contributed by atoms with E-state index in [1.54, 1.807) is 24.1 Å². The fourth-order valence-electron chi connectivity index (χ4n) is 3.73. The van der Waals surface area contributed by atoms with Crippen LogP contribution in [0.5, 0.6) is 5.75 Å². The highest BCUT2D eigenvalue weighted by Gasteiger charge is 2.25. The van der Waals surface area contributed by atoms with Crippen molar-refractivity contribution in [2.24, 2.45) is 11.5 Å². The number of halogens is 1. The molecule has 0 saturated heterocycles. The molecule has 3 aromatic rings. The average Bonchev–Trinajstić information content (AvgIpc) is 2.82. The van der Waals surface area contributed by atoms with Crippen molar-refractivity contribution < 1.29 is 13.9 Å². The summed E-state index contributed by atoms with van der Waals surface area (Å²) >= 11 is 0. The summed E-state index contributed by atoms with van der Waals surface area (Å²) in [7, 11) is 1.77. The number of hydrogen-bond donors (Lipinski definition) is 2. The number of amides is 1. The Balaban J connectivity index is 1.59. The fourth-order valence-corrected chi connectivity index (χ4v) is 3.73. The van der Waals surface area contributed by atoms with E-state index >= 15 is 0 Å². The van der Waals surface area contributed by atoms with Gasteiger partial charge in [0.25, 0.3) is 0 Å². The third-order valence-electron chi connectivity index (χ3n) is 5.77. The van der Waals surface area contributed by atoms with Crippen molar-refractivity contribution in [1.82, 2.24) is 4.90 Å². The molecule has 0 unspecified atom stereocenters. The van der Waals surface area contributed by atoms with Gasteiger partial charge < -0.3 is 21.1 Å². The van der Waals surface area contributed by atoms with E-state index in [-0.39, 0.29) is 17.8 Å². The highest BCUT2D eigenvalue weighted by molar-refractivity contribution is 5.83. The third kappa shape index (κ3) is 6.52. The number of ether oxygens (including phenoxy) is 1. The number of benzene rings is 3. The second-order valence-electron chi connectivity index (χ2n) is 8.13. The van der Waals surface area contributed by atoms with Crippen LogP contribution in [0.1, 0.15) is 24.8 Å². The maximum atomic E-state index is 13.1. The molecular weight excluding hydrogens is 405 g/mol. The van der Waals surface area contributed by atoms with Gasteiger partial charge in [0, 0.05) is 7.05 Å². The normalized spacial score (nSPS) is 13.0. The van der Waals surface area contributed by atoms with E-state index in [1.165, 1.54) is 12.1 Å². The molecule has 5 nitrogen and oxygen atoms in total. The second kappa shape index (κ2) is 11.6. The van der Waals surface area contributed by atoms with Crippen LogP contribution < -0.4 is 16.2 Å². The maximum absolute atomic E-state index is 13.1. The van der Waals surface area contributed by atoms with E-state index in [0.717, 1.165) is 34.9 Å². The van der Waals surface area contributed by atoms with Gasteiger partial charge in [-0.05, 0) is 72.8 Å². The summed E-state index contributed by atoms with van der Waals surface area (Å²) in [5, 5.41) is 2.26. The number of fused-ring (bicyclic) bond motifs is 1. The zero-order valence-corrected chi connectivity index (χ0v) is 18.5. The lowest BCUT2D eigenvalue weighted by Gasteiger charge is -2.30. The molecular formula is C26H32FN3O2. The summed E-state index contributed by atoms with van der Waals surface area (Å²) < 4.78 is 19.1. The highest BCUT2D eigenvalue weighted by atomic mass is 19.1. The van der Waals surface area contributed by atoms with E-state index in [4.69, 9.17) is 16.2 Å². The SMILES string of the molecule is CN(C(=O)[C@@H](N)CCc1ccc(F)cc1)[C@@H](CCCN)COc1ccc2ccccc2c1. The van der Waals surface area contributed by atoms with Gasteiger partial charge in [0.1, 0.15) is 18.2 Å². The molecule has 0 aliphatic heterocycles. The van der Waals surface area contributed by atoms with E-state index < -0.39 is 6.04 Å². The first-order valence-electron chi connectivity index (χ1n) is 11.1. The second-order valence-corrected chi connectivity index (χ2v) is 8.13. The molecule has 4 N–H and O–H groups in total. The van der Waals surface area contributed by atoms with Crippen LogP contribution >= 0.6 is 0 Å². The Morgan fingerprint density at radius 2 is 1.75 bits per heavy atom. The van der Waals surface area contributed by atoms with Crippen LogP contribution in [0.4, 0.5) is 4.39 Å². The predicted octanol–water partition coefficient (Wildman–Crippen LogP) is 3.88. The van der Waals surface area contributed by atoms with Crippen LogP contribution in [0.3, 0.4) is 0 Å².